The molecule has 172 valence electrons. The number of nitrogens with zero attached hydrogens (tertiary/aromatic N) is 4. The van der Waals surface area contributed by atoms with E-state index in [0.29, 0.717) is 11.4 Å². The number of hydrogen-bond acceptors (Lipinski definition) is 4. The molecule has 0 amide bonds. The minimum atomic E-state index is -3.66. The number of hydrogen-bond donors (Lipinski definition) is 0. The van der Waals surface area contributed by atoms with Crippen LogP contribution in [0, 0.1) is 13.8 Å². The molecule has 0 fully saturated rings. The van der Waals surface area contributed by atoms with Crippen molar-refractivity contribution in [3.05, 3.63) is 89.2 Å². The third kappa shape index (κ3) is 4.51. The Hall–Kier alpha value is -3.16. The zero-order chi connectivity index (χ0) is 23.8. The van der Waals surface area contributed by atoms with Crippen LogP contribution in [0.5, 0.6) is 0 Å². The number of sulfonamides is 1. The molecular formula is C26H30N4O2S. The number of fused-ring (bicyclic) bond motifs is 1. The average Bonchev–Trinajstić information content (AvgIpc) is 3.06. The van der Waals surface area contributed by atoms with E-state index in [-0.39, 0.29) is 6.54 Å². The van der Waals surface area contributed by atoms with Gasteiger partial charge in [0.25, 0.3) is 0 Å². The molecule has 0 spiro atoms. The fourth-order valence-electron chi connectivity index (χ4n) is 4.16. The van der Waals surface area contributed by atoms with E-state index in [0.717, 1.165) is 39.0 Å². The van der Waals surface area contributed by atoms with Crippen molar-refractivity contribution < 1.29 is 8.42 Å². The Morgan fingerprint density at radius 2 is 1.64 bits per heavy atom. The van der Waals surface area contributed by atoms with Crippen molar-refractivity contribution >= 4 is 26.5 Å². The maximum atomic E-state index is 13.4. The van der Waals surface area contributed by atoms with Crippen LogP contribution in [-0.2, 0) is 23.1 Å². The molecule has 0 N–H and O–H groups in total. The number of aromatic nitrogens is 2. The van der Waals surface area contributed by atoms with E-state index in [9.17, 15) is 8.42 Å². The Morgan fingerprint density at radius 3 is 2.33 bits per heavy atom. The van der Waals surface area contributed by atoms with E-state index in [1.807, 2.05) is 80.0 Å². The lowest BCUT2D eigenvalue weighted by Crippen LogP contribution is -2.27. The molecule has 0 saturated carbocycles. The van der Waals surface area contributed by atoms with E-state index in [1.165, 1.54) is 4.31 Å². The van der Waals surface area contributed by atoms with Gasteiger partial charge in [0.15, 0.2) is 0 Å². The molecule has 7 heteroatoms. The Bertz CT molecular complexity index is 1390. The van der Waals surface area contributed by atoms with E-state index in [2.05, 4.69) is 17.2 Å². The lowest BCUT2D eigenvalue weighted by atomic mass is 10.1. The number of anilines is 1. The maximum Gasteiger partial charge on any atom is 0.243 e. The Balaban J connectivity index is 1.61. The molecule has 4 rings (SSSR count). The number of aryl methyl sites for hydroxylation is 1. The first-order valence-electron chi connectivity index (χ1n) is 10.9. The quantitative estimate of drug-likeness (QED) is 0.403. The van der Waals surface area contributed by atoms with Gasteiger partial charge in [-0.1, -0.05) is 48.5 Å². The number of benzene rings is 3. The van der Waals surface area contributed by atoms with Crippen molar-refractivity contribution in [2.45, 2.75) is 31.8 Å². The molecular weight excluding hydrogens is 432 g/mol. The first-order chi connectivity index (χ1) is 15.7. The van der Waals surface area contributed by atoms with Crippen LogP contribution in [0.4, 0.5) is 5.69 Å². The van der Waals surface area contributed by atoms with Gasteiger partial charge in [-0.15, -0.1) is 0 Å². The highest BCUT2D eigenvalue weighted by Crippen LogP contribution is 2.29. The van der Waals surface area contributed by atoms with Crippen LogP contribution in [-0.4, -0.2) is 43.6 Å². The summed E-state index contributed by atoms with van der Waals surface area (Å²) in [6.07, 6.45) is 0. The smallest absolute Gasteiger partial charge is 0.243 e. The molecule has 6 nitrogen and oxygen atoms in total. The van der Waals surface area contributed by atoms with Crippen LogP contribution < -0.4 is 4.90 Å². The Labute approximate surface area is 196 Å². The maximum absolute atomic E-state index is 13.4. The molecule has 0 radical (unpaired) electrons. The second-order valence-electron chi connectivity index (χ2n) is 8.61. The summed E-state index contributed by atoms with van der Waals surface area (Å²) in [5, 5.41) is 6.60. The van der Waals surface area contributed by atoms with Gasteiger partial charge in [0.05, 0.1) is 17.1 Å². The lowest BCUT2D eigenvalue weighted by Gasteiger charge is -2.19. The molecule has 3 aromatic carbocycles. The summed E-state index contributed by atoms with van der Waals surface area (Å²) >= 11 is 0. The highest BCUT2D eigenvalue weighted by molar-refractivity contribution is 7.89. The lowest BCUT2D eigenvalue weighted by molar-refractivity contribution is 0.465. The van der Waals surface area contributed by atoms with Gasteiger partial charge < -0.3 is 4.90 Å². The van der Waals surface area contributed by atoms with E-state index in [1.54, 1.807) is 19.2 Å². The number of rotatable bonds is 7. The standard InChI is InChI=1S/C26H30N4O2S/c1-19-25(20(2)30(27-19)17-21-10-7-6-8-11-21)18-29(5)33(31,32)23-14-15-24-22(16-23)12-9-13-26(24)28(3)4/h6-16H,17-18H2,1-5H3. The molecule has 0 bridgehead atoms. The Kier molecular flexibility index (Phi) is 6.28. The third-order valence-electron chi connectivity index (χ3n) is 6.11. The highest BCUT2D eigenvalue weighted by atomic mass is 32.2. The first kappa shape index (κ1) is 23.0. The summed E-state index contributed by atoms with van der Waals surface area (Å²) in [6, 6.07) is 21.4. The van der Waals surface area contributed by atoms with Crippen molar-refractivity contribution in [1.29, 1.82) is 0 Å². The summed E-state index contributed by atoms with van der Waals surface area (Å²) in [7, 11) is 1.93. The summed E-state index contributed by atoms with van der Waals surface area (Å²) in [6.45, 7) is 4.86. The predicted octanol–water partition coefficient (Wildman–Crippen LogP) is 4.59. The van der Waals surface area contributed by atoms with Gasteiger partial charge in [-0.2, -0.15) is 9.40 Å². The van der Waals surface area contributed by atoms with Gasteiger partial charge in [-0.25, -0.2) is 8.42 Å². The third-order valence-corrected chi connectivity index (χ3v) is 7.91. The zero-order valence-electron chi connectivity index (χ0n) is 19.8. The molecule has 33 heavy (non-hydrogen) atoms. The molecule has 0 atom stereocenters. The van der Waals surface area contributed by atoms with E-state index >= 15 is 0 Å². The van der Waals surface area contributed by atoms with E-state index < -0.39 is 10.0 Å². The highest BCUT2D eigenvalue weighted by Gasteiger charge is 2.24. The fourth-order valence-corrected chi connectivity index (χ4v) is 5.33. The second-order valence-corrected chi connectivity index (χ2v) is 10.7. The van der Waals surface area contributed by atoms with Gasteiger partial charge in [-0.05, 0) is 43.0 Å². The van der Waals surface area contributed by atoms with E-state index in [4.69, 9.17) is 0 Å². The van der Waals surface area contributed by atoms with Gasteiger partial charge in [0.1, 0.15) is 0 Å². The minimum absolute atomic E-state index is 0.268. The van der Waals surface area contributed by atoms with Crippen molar-refractivity contribution in [2.75, 3.05) is 26.0 Å². The van der Waals surface area contributed by atoms with Crippen molar-refractivity contribution in [2.24, 2.45) is 0 Å². The van der Waals surface area contributed by atoms with Crippen molar-refractivity contribution in [3.63, 3.8) is 0 Å². The van der Waals surface area contributed by atoms with Crippen molar-refractivity contribution in [3.8, 4) is 0 Å². The van der Waals surface area contributed by atoms with Crippen LogP contribution in [0.15, 0.2) is 71.6 Å². The monoisotopic (exact) mass is 462 g/mol. The second kappa shape index (κ2) is 9.00. The van der Waals surface area contributed by atoms with Gasteiger partial charge in [-0.3, -0.25) is 4.68 Å². The van der Waals surface area contributed by atoms with Gasteiger partial charge in [0, 0.05) is 50.0 Å². The molecule has 4 aromatic rings. The first-order valence-corrected chi connectivity index (χ1v) is 12.4. The summed E-state index contributed by atoms with van der Waals surface area (Å²) in [5.74, 6) is 0. The van der Waals surface area contributed by atoms with Crippen LogP contribution in [0.2, 0.25) is 0 Å². The molecule has 0 aliphatic rings. The van der Waals surface area contributed by atoms with Crippen LogP contribution >= 0.6 is 0 Å². The summed E-state index contributed by atoms with van der Waals surface area (Å²) < 4.78 is 30.2. The molecule has 0 unspecified atom stereocenters. The molecule has 0 aliphatic heterocycles. The summed E-state index contributed by atoms with van der Waals surface area (Å²) in [5.41, 5.74) is 4.98. The van der Waals surface area contributed by atoms with Crippen LogP contribution in [0.25, 0.3) is 10.8 Å². The Morgan fingerprint density at radius 1 is 0.909 bits per heavy atom. The topological polar surface area (TPSA) is 58.4 Å². The van der Waals surface area contributed by atoms with Gasteiger partial charge >= 0.3 is 0 Å². The van der Waals surface area contributed by atoms with Crippen molar-refractivity contribution in [1.82, 2.24) is 14.1 Å². The molecule has 0 saturated heterocycles. The van der Waals surface area contributed by atoms with Gasteiger partial charge in [0.2, 0.25) is 10.0 Å². The molecule has 1 aromatic heterocycles. The predicted molar refractivity (Wildman–Crippen MR) is 134 cm³/mol. The SMILES string of the molecule is Cc1nn(Cc2ccccc2)c(C)c1CN(C)S(=O)(=O)c1ccc2c(N(C)C)cccc2c1. The normalized spacial score (nSPS) is 11.9. The van der Waals surface area contributed by atoms with Crippen LogP contribution in [0.1, 0.15) is 22.5 Å². The fraction of sp³-hybridized carbons (Fsp3) is 0.269. The van der Waals surface area contributed by atoms with Crippen LogP contribution in [0.3, 0.4) is 0 Å². The summed E-state index contributed by atoms with van der Waals surface area (Å²) in [4.78, 5) is 2.32. The minimum Gasteiger partial charge on any atom is -0.377 e. The largest absolute Gasteiger partial charge is 0.377 e. The zero-order valence-corrected chi connectivity index (χ0v) is 20.6. The average molecular weight is 463 g/mol. The molecule has 1 heterocycles. The molecule has 0 aliphatic carbocycles.